The molecular formula is C18H34N4O2. The molecule has 3 N–H and O–H groups in total. The topological polar surface area (TPSA) is 82.7 Å². The van der Waals surface area contributed by atoms with E-state index in [1.807, 2.05) is 13.0 Å². The van der Waals surface area contributed by atoms with Crippen molar-refractivity contribution in [2.45, 2.75) is 59.9 Å². The molecule has 0 bridgehead atoms. The fraction of sp³-hybridized carbons (Fsp3) is 0.778. The van der Waals surface area contributed by atoms with Crippen molar-refractivity contribution < 1.29 is 9.63 Å². The van der Waals surface area contributed by atoms with E-state index < -0.39 is 0 Å². The van der Waals surface area contributed by atoms with E-state index in [-0.39, 0.29) is 6.61 Å². The Morgan fingerprint density at radius 2 is 2.04 bits per heavy atom. The fourth-order valence-corrected chi connectivity index (χ4v) is 2.57. The summed E-state index contributed by atoms with van der Waals surface area (Å²) in [5, 5.41) is 19.9. The molecule has 0 radical (unpaired) electrons. The Balaban J connectivity index is 2.60. The third-order valence-corrected chi connectivity index (χ3v) is 3.81. The van der Waals surface area contributed by atoms with Crippen LogP contribution < -0.4 is 10.6 Å². The quantitative estimate of drug-likeness (QED) is 0.451. The summed E-state index contributed by atoms with van der Waals surface area (Å²) in [7, 11) is 0. The number of aliphatic hydroxyl groups excluding tert-OH is 1. The van der Waals surface area contributed by atoms with Crippen LogP contribution in [-0.4, -0.2) is 35.9 Å². The van der Waals surface area contributed by atoms with E-state index >= 15 is 0 Å². The molecule has 1 aromatic heterocycles. The van der Waals surface area contributed by atoms with Crippen LogP contribution in [-0.2, 0) is 6.54 Å². The number of aliphatic hydroxyl groups is 1. The van der Waals surface area contributed by atoms with Crippen LogP contribution in [0.2, 0.25) is 0 Å². The van der Waals surface area contributed by atoms with Crippen molar-refractivity contribution in [1.82, 2.24) is 15.8 Å². The molecule has 1 heterocycles. The minimum absolute atomic E-state index is 0.225. The van der Waals surface area contributed by atoms with Gasteiger partial charge in [-0.05, 0) is 37.5 Å². The van der Waals surface area contributed by atoms with Gasteiger partial charge in [-0.25, -0.2) is 4.99 Å². The highest BCUT2D eigenvalue weighted by Gasteiger charge is 2.12. The monoisotopic (exact) mass is 338 g/mol. The van der Waals surface area contributed by atoms with Crippen molar-refractivity contribution in [3.63, 3.8) is 0 Å². The molecule has 0 aliphatic rings. The summed E-state index contributed by atoms with van der Waals surface area (Å²) in [5.74, 6) is 2.95. The van der Waals surface area contributed by atoms with Gasteiger partial charge in [0.1, 0.15) is 6.54 Å². The molecule has 0 aliphatic heterocycles. The van der Waals surface area contributed by atoms with Crippen LogP contribution in [0, 0.1) is 11.8 Å². The van der Waals surface area contributed by atoms with Crippen LogP contribution in [0.3, 0.4) is 0 Å². The second-order valence-electron chi connectivity index (χ2n) is 6.96. The van der Waals surface area contributed by atoms with Crippen molar-refractivity contribution in [2.75, 3.05) is 19.7 Å². The minimum Gasteiger partial charge on any atom is -0.396 e. The van der Waals surface area contributed by atoms with Gasteiger partial charge in [-0.2, -0.15) is 0 Å². The number of hydrogen-bond acceptors (Lipinski definition) is 4. The molecule has 0 amide bonds. The number of aliphatic imine (C=N–C) groups is 1. The summed E-state index contributed by atoms with van der Waals surface area (Å²) < 4.78 is 5.33. The lowest BCUT2D eigenvalue weighted by Crippen LogP contribution is -2.40. The van der Waals surface area contributed by atoms with Crippen LogP contribution in [0.5, 0.6) is 0 Å². The van der Waals surface area contributed by atoms with Crippen LogP contribution in [0.1, 0.15) is 64.8 Å². The summed E-state index contributed by atoms with van der Waals surface area (Å²) in [5.41, 5.74) is 0.957. The number of rotatable bonds is 10. The first-order chi connectivity index (χ1) is 11.5. The molecule has 0 fully saturated rings. The van der Waals surface area contributed by atoms with Gasteiger partial charge >= 0.3 is 0 Å². The Kier molecular flexibility index (Phi) is 9.45. The van der Waals surface area contributed by atoms with Crippen molar-refractivity contribution in [1.29, 1.82) is 0 Å². The van der Waals surface area contributed by atoms with Gasteiger partial charge < -0.3 is 20.3 Å². The lowest BCUT2D eigenvalue weighted by Gasteiger charge is -2.20. The van der Waals surface area contributed by atoms with E-state index in [1.54, 1.807) is 0 Å². The standard InChI is InChI=1S/C18H34N4O2/c1-6-19-18(20-11-15(7-8-23)9-13(2)3)21-12-16-10-17(14(4)5)22-24-16/h10,13-15,23H,6-9,11-12H2,1-5H3,(H2,19,20,21). The van der Waals surface area contributed by atoms with Gasteiger partial charge in [-0.1, -0.05) is 32.9 Å². The van der Waals surface area contributed by atoms with Crippen molar-refractivity contribution in [3.8, 4) is 0 Å². The highest BCUT2D eigenvalue weighted by Crippen LogP contribution is 2.15. The van der Waals surface area contributed by atoms with E-state index in [4.69, 9.17) is 4.52 Å². The first kappa shape index (κ1) is 20.5. The number of nitrogens with one attached hydrogen (secondary N) is 2. The molecule has 0 aliphatic carbocycles. The predicted molar refractivity (Wildman–Crippen MR) is 98.1 cm³/mol. The molecule has 6 nitrogen and oxygen atoms in total. The second kappa shape index (κ2) is 11.1. The van der Waals surface area contributed by atoms with Crippen LogP contribution in [0.25, 0.3) is 0 Å². The van der Waals surface area contributed by atoms with Gasteiger partial charge in [0.2, 0.25) is 0 Å². The van der Waals surface area contributed by atoms with E-state index in [0.717, 1.165) is 43.3 Å². The average Bonchev–Trinajstić information content (AvgIpc) is 2.98. The van der Waals surface area contributed by atoms with E-state index in [0.29, 0.717) is 24.3 Å². The Morgan fingerprint density at radius 1 is 1.29 bits per heavy atom. The maximum atomic E-state index is 9.22. The number of hydrogen-bond donors (Lipinski definition) is 3. The fourth-order valence-electron chi connectivity index (χ4n) is 2.57. The average molecular weight is 338 g/mol. The summed E-state index contributed by atoms with van der Waals surface area (Å²) in [4.78, 5) is 4.57. The maximum Gasteiger partial charge on any atom is 0.191 e. The minimum atomic E-state index is 0.225. The summed E-state index contributed by atoms with van der Waals surface area (Å²) in [6.45, 7) is 12.9. The van der Waals surface area contributed by atoms with Gasteiger partial charge in [0.25, 0.3) is 0 Å². The smallest absolute Gasteiger partial charge is 0.191 e. The van der Waals surface area contributed by atoms with Crippen molar-refractivity contribution in [3.05, 3.63) is 17.5 Å². The molecule has 0 spiro atoms. The molecule has 0 saturated carbocycles. The molecule has 0 saturated heterocycles. The highest BCUT2D eigenvalue weighted by molar-refractivity contribution is 5.79. The number of guanidine groups is 1. The van der Waals surface area contributed by atoms with E-state index in [1.165, 1.54) is 0 Å². The first-order valence-corrected chi connectivity index (χ1v) is 9.04. The van der Waals surface area contributed by atoms with E-state index in [2.05, 4.69) is 48.5 Å². The Bertz CT molecular complexity index is 483. The van der Waals surface area contributed by atoms with Gasteiger partial charge in [0.05, 0.1) is 5.69 Å². The van der Waals surface area contributed by atoms with Crippen LogP contribution in [0.4, 0.5) is 0 Å². The van der Waals surface area contributed by atoms with Crippen molar-refractivity contribution >= 4 is 5.96 Å². The zero-order chi connectivity index (χ0) is 17.9. The lowest BCUT2D eigenvalue weighted by atomic mass is 9.94. The predicted octanol–water partition coefficient (Wildman–Crippen LogP) is 2.90. The molecule has 24 heavy (non-hydrogen) atoms. The number of aromatic nitrogens is 1. The van der Waals surface area contributed by atoms with Gasteiger partial charge in [0, 0.05) is 25.8 Å². The molecule has 138 valence electrons. The lowest BCUT2D eigenvalue weighted by molar-refractivity contribution is 0.243. The highest BCUT2D eigenvalue weighted by atomic mass is 16.5. The molecule has 0 aromatic carbocycles. The largest absolute Gasteiger partial charge is 0.396 e. The van der Waals surface area contributed by atoms with Gasteiger partial charge in [-0.15, -0.1) is 0 Å². The Morgan fingerprint density at radius 3 is 2.58 bits per heavy atom. The summed E-state index contributed by atoms with van der Waals surface area (Å²) >= 11 is 0. The molecule has 1 aromatic rings. The summed E-state index contributed by atoms with van der Waals surface area (Å²) in [6, 6.07) is 1.96. The van der Waals surface area contributed by atoms with Gasteiger partial charge in [-0.3, -0.25) is 0 Å². The maximum absolute atomic E-state index is 9.22. The number of nitrogens with zero attached hydrogens (tertiary/aromatic N) is 2. The van der Waals surface area contributed by atoms with Crippen LogP contribution in [0.15, 0.2) is 15.6 Å². The molecule has 6 heteroatoms. The normalized spacial score (nSPS) is 13.6. The molecule has 1 rings (SSSR count). The second-order valence-corrected chi connectivity index (χ2v) is 6.96. The molecule has 1 unspecified atom stereocenters. The Hall–Kier alpha value is -1.56. The molecular weight excluding hydrogens is 304 g/mol. The zero-order valence-electron chi connectivity index (χ0n) is 15.8. The van der Waals surface area contributed by atoms with E-state index in [9.17, 15) is 5.11 Å². The van der Waals surface area contributed by atoms with Crippen LogP contribution >= 0.6 is 0 Å². The summed E-state index contributed by atoms with van der Waals surface area (Å²) in [6.07, 6.45) is 1.90. The first-order valence-electron chi connectivity index (χ1n) is 9.04. The van der Waals surface area contributed by atoms with Gasteiger partial charge in [0.15, 0.2) is 11.7 Å². The third-order valence-electron chi connectivity index (χ3n) is 3.81. The zero-order valence-corrected chi connectivity index (χ0v) is 15.8. The molecule has 1 atom stereocenters. The third kappa shape index (κ3) is 7.81. The SMILES string of the molecule is CCNC(=NCc1cc(C(C)C)no1)NCC(CCO)CC(C)C. The Labute approximate surface area is 146 Å². The van der Waals surface area contributed by atoms with Crippen molar-refractivity contribution in [2.24, 2.45) is 16.8 Å².